The number of hydrogen-bond donors (Lipinski definition) is 2. The molecule has 6 nitrogen and oxygen atoms in total. The highest BCUT2D eigenvalue weighted by Gasteiger charge is 2.28. The lowest BCUT2D eigenvalue weighted by molar-refractivity contribution is 0.0714. The molecule has 3 N–H and O–H groups in total. The van der Waals surface area contributed by atoms with Crippen LogP contribution in [0.2, 0.25) is 0 Å². The molecule has 0 atom stereocenters. The van der Waals surface area contributed by atoms with Crippen molar-refractivity contribution in [1.29, 1.82) is 0 Å². The molecule has 0 radical (unpaired) electrons. The second-order valence-corrected chi connectivity index (χ2v) is 7.76. The maximum Gasteiger partial charge on any atom is 0.253 e. The van der Waals surface area contributed by atoms with E-state index >= 15 is 0 Å². The molecule has 1 heterocycles. The standard InChI is InChI=1S/C15H21N3O3S/c16-12-7-9-18(10-8-12)15(19)11-1-5-14(6-2-11)22(20,21)17-13-3-4-13/h1-2,5-6,12-13,17H,3-4,7-10,16H2. The van der Waals surface area contributed by atoms with Crippen LogP contribution in [0.1, 0.15) is 36.0 Å². The molecule has 1 aliphatic heterocycles. The number of carbonyl (C=O) groups is 1. The van der Waals surface area contributed by atoms with Crippen LogP contribution >= 0.6 is 0 Å². The number of hydrogen-bond acceptors (Lipinski definition) is 4. The Morgan fingerprint density at radius 2 is 1.68 bits per heavy atom. The first kappa shape index (κ1) is 15.5. The lowest BCUT2D eigenvalue weighted by Crippen LogP contribution is -2.42. The molecule has 0 unspecified atom stereocenters. The maximum absolute atomic E-state index is 12.4. The van der Waals surface area contributed by atoms with Crippen LogP contribution in [0.5, 0.6) is 0 Å². The molecule has 1 aliphatic carbocycles. The summed E-state index contributed by atoms with van der Waals surface area (Å²) >= 11 is 0. The molecule has 7 heteroatoms. The number of likely N-dealkylation sites (tertiary alicyclic amines) is 1. The van der Waals surface area contributed by atoms with Gasteiger partial charge in [0.05, 0.1) is 4.90 Å². The summed E-state index contributed by atoms with van der Waals surface area (Å²) in [6, 6.07) is 6.40. The number of benzene rings is 1. The Morgan fingerprint density at radius 1 is 1.09 bits per heavy atom. The Kier molecular flexibility index (Phi) is 4.20. The summed E-state index contributed by atoms with van der Waals surface area (Å²) in [5.41, 5.74) is 6.35. The van der Waals surface area contributed by atoms with E-state index < -0.39 is 10.0 Å². The quantitative estimate of drug-likeness (QED) is 0.853. The van der Waals surface area contributed by atoms with Crippen LogP contribution in [-0.4, -0.2) is 44.4 Å². The maximum atomic E-state index is 12.4. The molecule has 0 spiro atoms. The van der Waals surface area contributed by atoms with E-state index in [9.17, 15) is 13.2 Å². The lowest BCUT2D eigenvalue weighted by Gasteiger charge is -2.30. The average molecular weight is 323 g/mol. The van der Waals surface area contributed by atoms with E-state index in [2.05, 4.69) is 4.72 Å². The van der Waals surface area contributed by atoms with E-state index in [1.54, 1.807) is 17.0 Å². The first-order chi connectivity index (χ1) is 10.5. The average Bonchev–Trinajstić information content (AvgIpc) is 3.31. The summed E-state index contributed by atoms with van der Waals surface area (Å²) in [7, 11) is -3.46. The van der Waals surface area contributed by atoms with E-state index in [0.29, 0.717) is 18.7 Å². The van der Waals surface area contributed by atoms with Gasteiger partial charge in [-0.1, -0.05) is 0 Å². The van der Waals surface area contributed by atoms with Gasteiger partial charge in [-0.15, -0.1) is 0 Å². The minimum atomic E-state index is -3.46. The minimum Gasteiger partial charge on any atom is -0.339 e. The topological polar surface area (TPSA) is 92.5 Å². The zero-order valence-corrected chi connectivity index (χ0v) is 13.2. The summed E-state index contributed by atoms with van der Waals surface area (Å²) in [4.78, 5) is 14.4. The first-order valence-electron chi connectivity index (χ1n) is 7.63. The van der Waals surface area contributed by atoms with Gasteiger partial charge < -0.3 is 10.6 Å². The number of nitrogens with one attached hydrogen (secondary N) is 1. The highest BCUT2D eigenvalue weighted by molar-refractivity contribution is 7.89. The molecule has 1 aromatic rings. The molecule has 120 valence electrons. The van der Waals surface area contributed by atoms with Gasteiger partial charge in [-0.05, 0) is 49.9 Å². The van der Waals surface area contributed by atoms with Gasteiger partial charge in [0.2, 0.25) is 10.0 Å². The Hall–Kier alpha value is -1.44. The molecule has 1 aromatic carbocycles. The summed E-state index contributed by atoms with van der Waals surface area (Å²) < 4.78 is 26.8. The molecule has 3 rings (SSSR count). The second kappa shape index (κ2) is 5.98. The zero-order valence-electron chi connectivity index (χ0n) is 12.4. The third-order valence-corrected chi connectivity index (χ3v) is 5.67. The number of nitrogens with zero attached hydrogens (tertiary/aromatic N) is 1. The molecular weight excluding hydrogens is 302 g/mol. The fraction of sp³-hybridized carbons (Fsp3) is 0.533. The number of piperidine rings is 1. The fourth-order valence-electron chi connectivity index (χ4n) is 2.55. The van der Waals surface area contributed by atoms with Crippen LogP contribution in [0.4, 0.5) is 0 Å². The molecular formula is C15H21N3O3S. The van der Waals surface area contributed by atoms with Gasteiger partial charge >= 0.3 is 0 Å². The van der Waals surface area contributed by atoms with Crippen LogP contribution in [0.15, 0.2) is 29.2 Å². The van der Waals surface area contributed by atoms with Gasteiger partial charge in [-0.2, -0.15) is 0 Å². The second-order valence-electron chi connectivity index (χ2n) is 6.05. The van der Waals surface area contributed by atoms with Crippen molar-refractivity contribution in [3.8, 4) is 0 Å². The van der Waals surface area contributed by atoms with Crippen molar-refractivity contribution in [3.63, 3.8) is 0 Å². The van der Waals surface area contributed by atoms with Crippen LogP contribution in [0.3, 0.4) is 0 Å². The monoisotopic (exact) mass is 323 g/mol. The fourth-order valence-corrected chi connectivity index (χ4v) is 3.86. The first-order valence-corrected chi connectivity index (χ1v) is 9.11. The number of sulfonamides is 1. The van der Waals surface area contributed by atoms with Crippen LogP contribution < -0.4 is 10.5 Å². The summed E-state index contributed by atoms with van der Waals surface area (Å²) in [5, 5.41) is 0. The van der Waals surface area contributed by atoms with Crippen LogP contribution in [0.25, 0.3) is 0 Å². The van der Waals surface area contributed by atoms with E-state index in [0.717, 1.165) is 25.7 Å². The van der Waals surface area contributed by atoms with E-state index in [1.807, 2.05) is 0 Å². The van der Waals surface area contributed by atoms with E-state index in [4.69, 9.17) is 5.73 Å². The summed E-state index contributed by atoms with van der Waals surface area (Å²) in [6.45, 7) is 1.31. The van der Waals surface area contributed by atoms with Crippen molar-refractivity contribution in [2.24, 2.45) is 5.73 Å². The number of rotatable bonds is 4. The molecule has 1 amide bonds. The Morgan fingerprint density at radius 3 is 2.23 bits per heavy atom. The van der Waals surface area contributed by atoms with Crippen molar-refractivity contribution in [2.45, 2.75) is 42.7 Å². The van der Waals surface area contributed by atoms with Crippen molar-refractivity contribution in [1.82, 2.24) is 9.62 Å². The van der Waals surface area contributed by atoms with Gasteiger partial charge in [-0.25, -0.2) is 13.1 Å². The molecule has 1 saturated heterocycles. The van der Waals surface area contributed by atoms with Gasteiger partial charge in [0.15, 0.2) is 0 Å². The van der Waals surface area contributed by atoms with Crippen molar-refractivity contribution >= 4 is 15.9 Å². The SMILES string of the molecule is NC1CCN(C(=O)c2ccc(S(=O)(=O)NC3CC3)cc2)CC1. The number of amides is 1. The molecule has 22 heavy (non-hydrogen) atoms. The Bertz CT molecular complexity index is 645. The Labute approximate surface area is 130 Å². The van der Waals surface area contributed by atoms with E-state index in [-0.39, 0.29) is 22.9 Å². The number of carbonyl (C=O) groups excluding carboxylic acids is 1. The van der Waals surface area contributed by atoms with Crippen LogP contribution in [0, 0.1) is 0 Å². The van der Waals surface area contributed by atoms with E-state index in [1.165, 1.54) is 12.1 Å². The predicted molar refractivity (Wildman–Crippen MR) is 82.9 cm³/mol. The van der Waals surface area contributed by atoms with Gasteiger partial charge in [0, 0.05) is 30.7 Å². The summed E-state index contributed by atoms with van der Waals surface area (Å²) in [6.07, 6.45) is 3.41. The lowest BCUT2D eigenvalue weighted by atomic mass is 10.1. The van der Waals surface area contributed by atoms with Crippen molar-refractivity contribution < 1.29 is 13.2 Å². The third kappa shape index (κ3) is 3.48. The van der Waals surface area contributed by atoms with Gasteiger partial charge in [0.25, 0.3) is 5.91 Å². The van der Waals surface area contributed by atoms with Crippen LogP contribution in [-0.2, 0) is 10.0 Å². The van der Waals surface area contributed by atoms with Crippen molar-refractivity contribution in [3.05, 3.63) is 29.8 Å². The molecule has 1 saturated carbocycles. The molecule has 0 aromatic heterocycles. The minimum absolute atomic E-state index is 0.0639. The van der Waals surface area contributed by atoms with Gasteiger partial charge in [0.1, 0.15) is 0 Å². The predicted octanol–water partition coefficient (Wildman–Crippen LogP) is 0.691. The largest absolute Gasteiger partial charge is 0.339 e. The Balaban J connectivity index is 1.69. The molecule has 2 fully saturated rings. The highest BCUT2D eigenvalue weighted by atomic mass is 32.2. The van der Waals surface area contributed by atoms with Gasteiger partial charge in [-0.3, -0.25) is 4.79 Å². The zero-order chi connectivity index (χ0) is 15.7. The highest BCUT2D eigenvalue weighted by Crippen LogP contribution is 2.22. The normalized spacial score (nSPS) is 20.1. The summed E-state index contributed by atoms with van der Waals surface area (Å²) in [5.74, 6) is -0.0639. The third-order valence-electron chi connectivity index (χ3n) is 4.14. The van der Waals surface area contributed by atoms with Crippen molar-refractivity contribution in [2.75, 3.05) is 13.1 Å². The molecule has 2 aliphatic rings. The smallest absolute Gasteiger partial charge is 0.253 e. The molecule has 0 bridgehead atoms. The number of nitrogens with two attached hydrogens (primary N) is 1.